The van der Waals surface area contributed by atoms with Gasteiger partial charge in [0.2, 0.25) is 23.6 Å². The third kappa shape index (κ3) is 9.06. The Kier molecular flexibility index (Phi) is 11.3. The molecule has 2 aromatic rings. The summed E-state index contributed by atoms with van der Waals surface area (Å²) in [6.45, 7) is 1.39. The molecule has 1 saturated heterocycles. The summed E-state index contributed by atoms with van der Waals surface area (Å²) in [6, 6.07) is 9.10. The standard InChI is InChI=1S/C28H35FN6O7S/c1-17(31-2)25(37)34-22(16-32-26(38)19-10-12-20(13-11-19)43(29,41)42)28(40)35-14-6-9-23(35)27(39)33-21(24(30)36)15-18-7-4-3-5-8-18/h3-5,7-8,10-13,17,21-23,31H,6,9,14-16H2,1-2H3,(H2,30,36)(H,32,38)(H,33,39)(H,34,37). The van der Waals surface area contributed by atoms with Crippen LogP contribution in [0.5, 0.6) is 0 Å². The number of hydrogen-bond donors (Lipinski definition) is 5. The van der Waals surface area contributed by atoms with Crippen molar-refractivity contribution >= 4 is 39.8 Å². The first kappa shape index (κ1) is 33.1. The maximum atomic E-state index is 13.7. The minimum absolute atomic E-state index is 0.0112. The van der Waals surface area contributed by atoms with Crippen LogP contribution in [-0.2, 0) is 35.8 Å². The summed E-state index contributed by atoms with van der Waals surface area (Å²) >= 11 is 0. The maximum absolute atomic E-state index is 13.7. The smallest absolute Gasteiger partial charge is 0.332 e. The molecule has 6 N–H and O–H groups in total. The molecule has 2 aromatic carbocycles. The normalized spacial score (nSPS) is 16.9. The number of hydrogen-bond acceptors (Lipinski definition) is 8. The summed E-state index contributed by atoms with van der Waals surface area (Å²) in [5.41, 5.74) is 6.31. The molecule has 4 atom stereocenters. The van der Waals surface area contributed by atoms with Crippen LogP contribution in [0.25, 0.3) is 0 Å². The lowest BCUT2D eigenvalue weighted by Gasteiger charge is -2.30. The molecule has 43 heavy (non-hydrogen) atoms. The van der Waals surface area contributed by atoms with Crippen LogP contribution in [0, 0.1) is 0 Å². The molecule has 0 bridgehead atoms. The van der Waals surface area contributed by atoms with Gasteiger partial charge in [-0.05, 0) is 56.6 Å². The minimum Gasteiger partial charge on any atom is -0.368 e. The topological polar surface area (TPSA) is 197 Å². The predicted molar refractivity (Wildman–Crippen MR) is 154 cm³/mol. The second kappa shape index (κ2) is 14.7. The fraction of sp³-hybridized carbons (Fsp3) is 0.393. The van der Waals surface area contributed by atoms with E-state index in [0.29, 0.717) is 12.8 Å². The van der Waals surface area contributed by atoms with Crippen LogP contribution < -0.4 is 27.0 Å². The Morgan fingerprint density at radius 2 is 1.65 bits per heavy atom. The number of primary amides is 1. The van der Waals surface area contributed by atoms with Crippen molar-refractivity contribution < 1.29 is 36.3 Å². The molecule has 3 rings (SSSR count). The number of halogens is 1. The van der Waals surface area contributed by atoms with Crippen LogP contribution >= 0.6 is 0 Å². The van der Waals surface area contributed by atoms with Gasteiger partial charge in [-0.2, -0.15) is 8.42 Å². The number of nitrogens with one attached hydrogen (secondary N) is 4. The van der Waals surface area contributed by atoms with Crippen LogP contribution in [0.2, 0.25) is 0 Å². The van der Waals surface area contributed by atoms with Crippen LogP contribution in [0.3, 0.4) is 0 Å². The molecule has 1 aliphatic rings. The number of likely N-dealkylation sites (N-methyl/N-ethyl adjacent to an activating group) is 1. The lowest BCUT2D eigenvalue weighted by molar-refractivity contribution is -0.142. The summed E-state index contributed by atoms with van der Waals surface area (Å²) in [5, 5.41) is 10.5. The monoisotopic (exact) mass is 618 g/mol. The zero-order valence-corrected chi connectivity index (χ0v) is 24.5. The van der Waals surface area contributed by atoms with E-state index in [2.05, 4.69) is 21.3 Å². The van der Waals surface area contributed by atoms with Crippen molar-refractivity contribution in [3.05, 3.63) is 65.7 Å². The number of rotatable bonds is 13. The molecule has 0 radical (unpaired) electrons. The number of nitrogens with zero attached hydrogens (tertiary/aromatic N) is 1. The zero-order chi connectivity index (χ0) is 31.7. The Morgan fingerprint density at radius 3 is 2.23 bits per heavy atom. The van der Waals surface area contributed by atoms with Gasteiger partial charge in [-0.25, -0.2) is 0 Å². The zero-order valence-electron chi connectivity index (χ0n) is 23.7. The molecule has 5 amide bonds. The second-order valence-electron chi connectivity index (χ2n) is 10.1. The molecular weight excluding hydrogens is 583 g/mol. The van der Waals surface area contributed by atoms with E-state index in [1.54, 1.807) is 38.2 Å². The van der Waals surface area contributed by atoms with Gasteiger partial charge in [0.1, 0.15) is 18.1 Å². The first-order valence-electron chi connectivity index (χ1n) is 13.6. The van der Waals surface area contributed by atoms with Gasteiger partial charge in [0.15, 0.2) is 0 Å². The Bertz CT molecular complexity index is 1440. The van der Waals surface area contributed by atoms with E-state index in [1.165, 1.54) is 4.90 Å². The molecule has 1 fully saturated rings. The molecule has 1 aliphatic heterocycles. The summed E-state index contributed by atoms with van der Waals surface area (Å²) in [6.07, 6.45) is 0.944. The van der Waals surface area contributed by atoms with Crippen LogP contribution in [0.1, 0.15) is 35.7 Å². The van der Waals surface area contributed by atoms with Gasteiger partial charge in [0.25, 0.3) is 5.91 Å². The average Bonchev–Trinajstić information content (AvgIpc) is 3.48. The van der Waals surface area contributed by atoms with Gasteiger partial charge in [-0.3, -0.25) is 24.0 Å². The van der Waals surface area contributed by atoms with Gasteiger partial charge < -0.3 is 31.9 Å². The highest BCUT2D eigenvalue weighted by Crippen LogP contribution is 2.19. The number of benzene rings is 2. The Labute approximate surface area is 249 Å². The van der Waals surface area contributed by atoms with Crippen molar-refractivity contribution in [3.8, 4) is 0 Å². The maximum Gasteiger partial charge on any atom is 0.332 e. The van der Waals surface area contributed by atoms with E-state index < -0.39 is 68.8 Å². The highest BCUT2D eigenvalue weighted by atomic mass is 32.3. The Morgan fingerprint density at radius 1 is 1.00 bits per heavy atom. The van der Waals surface area contributed by atoms with Crippen LogP contribution in [-0.4, -0.2) is 87.2 Å². The molecule has 4 unspecified atom stereocenters. The molecule has 1 heterocycles. The molecule has 0 spiro atoms. The van der Waals surface area contributed by atoms with E-state index in [1.807, 2.05) is 6.07 Å². The highest BCUT2D eigenvalue weighted by molar-refractivity contribution is 7.86. The van der Waals surface area contributed by atoms with Gasteiger partial charge >= 0.3 is 10.2 Å². The van der Waals surface area contributed by atoms with Crippen molar-refractivity contribution in [2.75, 3.05) is 20.1 Å². The molecule has 13 nitrogen and oxygen atoms in total. The summed E-state index contributed by atoms with van der Waals surface area (Å²) in [4.78, 5) is 65.1. The SMILES string of the molecule is CNC(C)C(=O)NC(CNC(=O)c1ccc(S(=O)(=O)F)cc1)C(=O)N1CCCC1C(=O)NC(Cc1ccccc1)C(N)=O. The predicted octanol–water partition coefficient (Wildman–Crippen LogP) is -0.629. The number of nitrogens with two attached hydrogens (primary N) is 1. The van der Waals surface area contributed by atoms with E-state index in [9.17, 15) is 36.3 Å². The summed E-state index contributed by atoms with van der Waals surface area (Å²) in [7, 11) is -3.40. The number of carbonyl (C=O) groups is 5. The van der Waals surface area contributed by atoms with Crippen molar-refractivity contribution in [3.63, 3.8) is 0 Å². The lowest BCUT2D eigenvalue weighted by atomic mass is 10.0. The minimum atomic E-state index is -4.95. The van der Waals surface area contributed by atoms with E-state index in [-0.39, 0.29) is 25.1 Å². The molecule has 15 heteroatoms. The van der Waals surface area contributed by atoms with E-state index in [4.69, 9.17) is 5.73 Å². The third-order valence-corrected chi connectivity index (χ3v) is 7.92. The largest absolute Gasteiger partial charge is 0.368 e. The van der Waals surface area contributed by atoms with E-state index in [0.717, 1.165) is 29.8 Å². The van der Waals surface area contributed by atoms with Crippen molar-refractivity contribution in [2.24, 2.45) is 5.73 Å². The van der Waals surface area contributed by atoms with E-state index >= 15 is 0 Å². The van der Waals surface area contributed by atoms with Gasteiger partial charge in [0, 0.05) is 25.1 Å². The molecular formula is C28H35FN6O7S. The molecule has 232 valence electrons. The second-order valence-corrected chi connectivity index (χ2v) is 11.4. The van der Waals surface area contributed by atoms with Gasteiger partial charge in [-0.1, -0.05) is 30.3 Å². The fourth-order valence-corrected chi connectivity index (χ4v) is 5.00. The number of carbonyl (C=O) groups excluding carboxylic acids is 5. The molecule has 0 aliphatic carbocycles. The first-order chi connectivity index (χ1) is 20.3. The number of amides is 5. The first-order valence-corrected chi connectivity index (χ1v) is 14.9. The Balaban J connectivity index is 1.74. The van der Waals surface area contributed by atoms with Crippen LogP contribution in [0.4, 0.5) is 3.89 Å². The van der Waals surface area contributed by atoms with Crippen molar-refractivity contribution in [1.29, 1.82) is 0 Å². The summed E-state index contributed by atoms with van der Waals surface area (Å²) in [5.74, 6) is -3.20. The van der Waals surface area contributed by atoms with Crippen LogP contribution in [0.15, 0.2) is 59.5 Å². The van der Waals surface area contributed by atoms with Gasteiger partial charge in [0.05, 0.1) is 10.9 Å². The number of likely N-dealkylation sites (tertiary alicyclic amines) is 1. The molecule has 0 aromatic heterocycles. The van der Waals surface area contributed by atoms with Gasteiger partial charge in [-0.15, -0.1) is 3.89 Å². The molecule has 0 saturated carbocycles. The lowest BCUT2D eigenvalue weighted by Crippen LogP contribution is -2.59. The quantitative estimate of drug-likeness (QED) is 0.183. The average molecular weight is 619 g/mol. The Hall–Kier alpha value is -4.37. The van der Waals surface area contributed by atoms with Crippen molar-refractivity contribution in [2.45, 2.75) is 55.2 Å². The summed E-state index contributed by atoms with van der Waals surface area (Å²) < 4.78 is 35.3. The third-order valence-electron chi connectivity index (χ3n) is 7.09. The highest BCUT2D eigenvalue weighted by Gasteiger charge is 2.39. The van der Waals surface area contributed by atoms with Crippen molar-refractivity contribution in [1.82, 2.24) is 26.2 Å². The fourth-order valence-electron chi connectivity index (χ4n) is 4.54.